The van der Waals surface area contributed by atoms with Gasteiger partial charge >= 0.3 is 6.03 Å². The average Bonchev–Trinajstić information content (AvgIpc) is 1.63. The zero-order valence-electron chi connectivity index (χ0n) is 74.2. The normalized spacial score (nSPS) is 14.1. The molecular weight excluding hydrogens is 1780 g/mol. The number of sulfone groups is 4. The van der Waals surface area contributed by atoms with Crippen LogP contribution in [0.5, 0.6) is 0 Å². The van der Waals surface area contributed by atoms with E-state index in [1.807, 2.05) is 54.6 Å². The first-order valence-corrected chi connectivity index (χ1v) is 49.3. The maximum atomic E-state index is 13.0. The molecule has 9 aromatic heterocycles. The number of carbonyl (C=O) groups excluding carboxylic acids is 4. The summed E-state index contributed by atoms with van der Waals surface area (Å²) in [5, 5.41) is 12.2. The molecule has 38 heteroatoms. The second-order valence-electron chi connectivity index (χ2n) is 33.1. The highest BCUT2D eigenvalue weighted by atomic mass is 32.2. The predicted octanol–water partition coefficient (Wildman–Crippen LogP) is 19.2. The van der Waals surface area contributed by atoms with Gasteiger partial charge in [0, 0.05) is 141 Å². The summed E-state index contributed by atoms with van der Waals surface area (Å²) in [6.07, 6.45) is 17.6. The summed E-state index contributed by atoms with van der Waals surface area (Å²) in [5.74, 6) is -0.860. The quantitative estimate of drug-likeness (QED) is 0.0300. The highest BCUT2D eigenvalue weighted by molar-refractivity contribution is 7.93. The molecule has 11 heterocycles. The van der Waals surface area contributed by atoms with Crippen LogP contribution in [0, 0.1) is 0 Å². The molecule has 0 unspecified atom stereocenters. The van der Waals surface area contributed by atoms with Gasteiger partial charge in [0.1, 0.15) is 27.8 Å². The number of anilines is 7. The number of amides is 5. The largest absolute Gasteiger partial charge is 0.370 e. The second kappa shape index (κ2) is 40.1. The van der Waals surface area contributed by atoms with E-state index in [0.717, 1.165) is 79.1 Å². The lowest BCUT2D eigenvalue weighted by atomic mass is 10.1. The molecule has 5 amide bonds. The number of para-hydroxylation sites is 1. The van der Waals surface area contributed by atoms with E-state index in [4.69, 9.17) is 11.5 Å². The van der Waals surface area contributed by atoms with Crippen LogP contribution in [-0.4, -0.2) is 181 Å². The number of carbonyl (C=O) groups is 4. The van der Waals surface area contributed by atoms with Crippen molar-refractivity contribution < 1.29 is 74.2 Å². The molecule has 0 spiro atoms. The average molecular weight is 1910 g/mol. The van der Waals surface area contributed by atoms with Gasteiger partial charge in [-0.3, -0.25) is 19.4 Å². The standard InChI is InChI=1S/C27H30N6O3S.C26H28N6O3S.C22H21N5O3S.C21H19N5O3S.15H2/c1-17(2)37(35,36)22-11-7-18(8-12-22)23-14-29-26-25(31-23)24(15-30-26)32-27(34)19-5-9-21(10-6-19)33-13-3-4-20(28)16-33;1-16(2)36(34,35)21-9-5-17(6-10-21)22-13-28-25-24(30-22)23(14-29-25)31-26(33)18-3-7-20(8-4-18)32-12-11-19(27)15-32;1-14(2)31(29,30)17-10-8-15(9-11-17)18-12-23-21-20(26-18)19(13-24-21)27-22(28)25-16-6-4-3-5-7-16;1-13(2)30(28,29)15-8-6-14(7-9-15)17-11-23-20-19(25-17)18(12-24-20)26-21(27)16-5-3-4-10-22-16;;;;;;;;;;;;;;;/h5-12,14-15,17,20H,3-4,13,16,28H2,1-2H3,(H,29,30)(H,32,34);3-10,13-14,16,19H,11-12,15,27H2,1-2H3,(H,28,29)(H,31,33);3-14H,1-2H3,(H,23,24)(H2,25,27,28);3-13H,1-2H3,(H,23,24)(H,26,27);15*1H/t20-;19-;;;;;;;;;;;;;;;;;/m01................./s1. The number of benzene rings is 7. The summed E-state index contributed by atoms with van der Waals surface area (Å²) in [6.45, 7) is 16.7. The Bertz CT molecular complexity index is 7530. The van der Waals surface area contributed by atoms with Crippen LogP contribution in [0.4, 0.5) is 44.6 Å². The first-order chi connectivity index (χ1) is 64.1. The van der Waals surface area contributed by atoms with Gasteiger partial charge < -0.3 is 67.8 Å². The summed E-state index contributed by atoms with van der Waals surface area (Å²) in [7, 11) is -13.4. The number of nitrogens with two attached hydrogens (primary N) is 2. The second-order valence-corrected chi connectivity index (χ2v) is 43.1. The van der Waals surface area contributed by atoms with Crippen molar-refractivity contribution in [1.29, 1.82) is 0 Å². The SMILES string of the molecule is CC(C)S(=O)(=O)c1ccc(-c2cnc3[nH]cc(NC(=O)Nc4ccccc4)c3n2)cc1.CC(C)S(=O)(=O)c1ccc(-c2cnc3[nH]cc(NC(=O)c4ccc(N5CCC[C@H](N)C5)cc4)c3n2)cc1.CC(C)S(=O)(=O)c1ccc(-c2cnc3[nH]cc(NC(=O)c4ccc(N5CC[C@@H](N)C5)cc4)c3n2)cc1.CC(C)S(=O)(=O)c1ccc(-c2cnc3[nH]cc(NC(=O)c4ccccn4)c3n2)cc1.[HH].[HH].[HH].[HH].[HH].[HH].[HH].[HH].[HH].[HH].[HH].[HH].[HH].[HH].[HH]. The first-order valence-electron chi connectivity index (χ1n) is 43.1. The molecule has 0 aliphatic carbocycles. The van der Waals surface area contributed by atoms with E-state index < -0.39 is 66.4 Å². The summed E-state index contributed by atoms with van der Waals surface area (Å²) in [5.41, 5.74) is 27.5. The number of fused-ring (bicyclic) bond motifs is 4. The van der Waals surface area contributed by atoms with Crippen LogP contribution in [0.25, 0.3) is 89.7 Å². The fourth-order valence-corrected chi connectivity index (χ4v) is 18.9. The van der Waals surface area contributed by atoms with E-state index in [0.29, 0.717) is 107 Å². The van der Waals surface area contributed by atoms with Gasteiger partial charge in [0.2, 0.25) is 0 Å². The lowest BCUT2D eigenvalue weighted by Gasteiger charge is -2.32. The molecule has 2 aliphatic heterocycles. The lowest BCUT2D eigenvalue weighted by Crippen LogP contribution is -2.42. The Morgan fingerprint density at radius 2 is 0.672 bits per heavy atom. The smallest absolute Gasteiger partial charge is 0.323 e. The number of piperidine rings is 1. The molecule has 718 valence electrons. The summed E-state index contributed by atoms with van der Waals surface area (Å²) in [4.78, 5) is 108. The van der Waals surface area contributed by atoms with E-state index in [9.17, 15) is 52.8 Å². The van der Waals surface area contributed by atoms with Crippen LogP contribution in [-0.2, 0) is 39.3 Å². The van der Waals surface area contributed by atoms with Crippen molar-refractivity contribution in [3.63, 3.8) is 0 Å². The third kappa shape index (κ3) is 21.3. The molecule has 18 rings (SSSR count). The van der Waals surface area contributed by atoms with Gasteiger partial charge in [0.25, 0.3) is 17.7 Å². The van der Waals surface area contributed by atoms with Crippen molar-refractivity contribution in [3.05, 3.63) is 267 Å². The van der Waals surface area contributed by atoms with Crippen LogP contribution >= 0.6 is 0 Å². The Hall–Kier alpha value is -14.8. The van der Waals surface area contributed by atoms with E-state index in [1.54, 1.807) is 251 Å². The number of nitrogens with zero attached hydrogens (tertiary/aromatic N) is 11. The number of aromatic amines is 4. The third-order valence-electron chi connectivity index (χ3n) is 22.5. The molecule has 0 saturated carbocycles. The van der Waals surface area contributed by atoms with Crippen molar-refractivity contribution >= 4 is 148 Å². The Kier molecular flexibility index (Phi) is 28.1. The Labute approximate surface area is 795 Å². The minimum absolute atomic E-state index is 0. The van der Waals surface area contributed by atoms with E-state index >= 15 is 0 Å². The van der Waals surface area contributed by atoms with Crippen molar-refractivity contribution in [2.75, 3.05) is 62.6 Å². The molecule has 2 saturated heterocycles. The van der Waals surface area contributed by atoms with Crippen LogP contribution in [0.1, 0.15) is 127 Å². The van der Waals surface area contributed by atoms with Crippen LogP contribution in [0.15, 0.2) is 269 Å². The molecular formula is C96H128N22O12S4. The van der Waals surface area contributed by atoms with Crippen molar-refractivity contribution in [2.24, 2.45) is 11.5 Å². The monoisotopic (exact) mass is 1910 g/mol. The number of pyridine rings is 1. The highest BCUT2D eigenvalue weighted by Crippen LogP contribution is 2.34. The van der Waals surface area contributed by atoms with Gasteiger partial charge in [-0.1, -0.05) is 72.8 Å². The van der Waals surface area contributed by atoms with Gasteiger partial charge in [0.15, 0.2) is 61.9 Å². The number of nitrogens with one attached hydrogen (secondary N) is 9. The Balaban J connectivity index is 0.00000190. The van der Waals surface area contributed by atoms with Crippen LogP contribution in [0.3, 0.4) is 0 Å². The minimum Gasteiger partial charge on any atom is -0.370 e. The van der Waals surface area contributed by atoms with Crippen LogP contribution < -0.4 is 47.9 Å². The van der Waals surface area contributed by atoms with Crippen molar-refractivity contribution in [2.45, 2.75) is 127 Å². The maximum absolute atomic E-state index is 13.0. The van der Waals surface area contributed by atoms with Gasteiger partial charge in [-0.05, 0) is 196 Å². The van der Waals surface area contributed by atoms with Gasteiger partial charge in [-0.2, -0.15) is 0 Å². The minimum atomic E-state index is -3.36. The molecule has 7 aromatic carbocycles. The van der Waals surface area contributed by atoms with Crippen LogP contribution in [0.2, 0.25) is 0 Å². The topological polar surface area (TPSA) is 503 Å². The lowest BCUT2D eigenvalue weighted by molar-refractivity contribution is 0.101. The third-order valence-corrected chi connectivity index (χ3v) is 31.2. The fourth-order valence-electron chi connectivity index (χ4n) is 14.6. The zero-order valence-corrected chi connectivity index (χ0v) is 77.5. The highest BCUT2D eigenvalue weighted by Gasteiger charge is 2.28. The molecule has 0 radical (unpaired) electrons. The first kappa shape index (κ1) is 93.8. The molecule has 2 atom stereocenters. The molecule has 2 aliphatic rings. The Morgan fingerprint density at radius 1 is 0.358 bits per heavy atom. The maximum Gasteiger partial charge on any atom is 0.323 e. The summed E-state index contributed by atoms with van der Waals surface area (Å²) in [6, 6.07) is 55.4. The molecule has 34 nitrogen and oxygen atoms in total. The Morgan fingerprint density at radius 3 is 0.985 bits per heavy atom. The van der Waals surface area contributed by atoms with E-state index in [2.05, 4.69) is 101 Å². The van der Waals surface area contributed by atoms with Gasteiger partial charge in [-0.15, -0.1) is 0 Å². The fraction of sp³-hybridized carbons (Fsp3) is 0.219. The van der Waals surface area contributed by atoms with Gasteiger partial charge in [0.05, 0.1) is 111 Å². The number of aromatic nitrogens is 13. The summed E-state index contributed by atoms with van der Waals surface area (Å²) >= 11 is 0. The molecule has 16 aromatic rings. The predicted molar refractivity (Wildman–Crippen MR) is 553 cm³/mol. The molecule has 134 heavy (non-hydrogen) atoms. The summed E-state index contributed by atoms with van der Waals surface area (Å²) < 4.78 is 98.9. The van der Waals surface area contributed by atoms with Gasteiger partial charge in [-0.25, -0.2) is 78.3 Å². The van der Waals surface area contributed by atoms with E-state index in [1.165, 1.54) is 0 Å². The van der Waals surface area contributed by atoms with Crippen molar-refractivity contribution in [1.82, 2.24) is 64.8 Å². The molecule has 0 bridgehead atoms. The molecule has 2 fully saturated rings. The number of hydrogen-bond acceptors (Lipinski definition) is 25. The zero-order chi connectivity index (χ0) is 94.9. The molecule has 13 N–H and O–H groups in total. The number of hydrogen-bond donors (Lipinski definition) is 11. The van der Waals surface area contributed by atoms with E-state index in [-0.39, 0.29) is 76.5 Å². The van der Waals surface area contributed by atoms with Crippen molar-refractivity contribution in [3.8, 4) is 45.0 Å². The number of H-pyrrole nitrogens is 4. The number of urea groups is 1. The number of rotatable bonds is 22.